The van der Waals surface area contributed by atoms with Crippen LogP contribution in [0.4, 0.5) is 4.79 Å². The highest BCUT2D eigenvalue weighted by molar-refractivity contribution is 5.82. The predicted octanol–water partition coefficient (Wildman–Crippen LogP) is 1.69. The van der Waals surface area contributed by atoms with E-state index in [1.165, 1.54) is 13.1 Å². The monoisotopic (exact) mass is 520 g/mol. The summed E-state index contributed by atoms with van der Waals surface area (Å²) in [5.74, 6) is -2.03. The third-order valence-electron chi connectivity index (χ3n) is 6.54. The molecule has 3 N–H and O–H groups in total. The standard InChI is InChI=1S/C27H28N4O7/c1-16-12-30(26(36)29-25(16)35)13-23(32)31(14-24(33)34)17(2)11-28-27(37)38-15-22-20-9-5-3-7-18(20)19-8-4-6-10-21(19)22/h3-10,12,17,22H,11,13-15H2,1-2H3,(H,28,37)(H,33,34)(H,29,35,36)/t17-/m0/s1. The van der Waals surface area contributed by atoms with Crippen molar-refractivity contribution >= 4 is 18.0 Å². The van der Waals surface area contributed by atoms with Crippen LogP contribution in [-0.2, 0) is 20.9 Å². The van der Waals surface area contributed by atoms with Crippen LogP contribution in [0.2, 0.25) is 0 Å². The van der Waals surface area contributed by atoms with Gasteiger partial charge in [0.1, 0.15) is 19.7 Å². The number of aromatic amines is 1. The number of alkyl carbamates (subject to hydrolysis) is 1. The number of aromatic nitrogens is 2. The van der Waals surface area contributed by atoms with Crippen molar-refractivity contribution in [2.24, 2.45) is 0 Å². The number of aryl methyl sites for hydroxylation is 1. The van der Waals surface area contributed by atoms with Crippen LogP contribution in [-0.4, -0.2) is 63.3 Å². The maximum atomic E-state index is 12.9. The smallest absolute Gasteiger partial charge is 0.407 e. The summed E-state index contributed by atoms with van der Waals surface area (Å²) in [6.45, 7) is 1.98. The molecule has 198 valence electrons. The van der Waals surface area contributed by atoms with Crippen LogP contribution in [0.1, 0.15) is 29.5 Å². The lowest BCUT2D eigenvalue weighted by atomic mass is 9.98. The fourth-order valence-corrected chi connectivity index (χ4v) is 4.60. The van der Waals surface area contributed by atoms with Crippen LogP contribution in [0.25, 0.3) is 11.1 Å². The van der Waals surface area contributed by atoms with Crippen molar-refractivity contribution in [1.82, 2.24) is 19.8 Å². The highest BCUT2D eigenvalue weighted by Crippen LogP contribution is 2.44. The molecule has 0 aliphatic heterocycles. The molecule has 4 rings (SSSR count). The van der Waals surface area contributed by atoms with Gasteiger partial charge in [-0.1, -0.05) is 48.5 Å². The number of benzene rings is 2. The minimum absolute atomic E-state index is 0.0742. The Kier molecular flexibility index (Phi) is 7.75. The molecule has 1 heterocycles. The van der Waals surface area contributed by atoms with E-state index in [0.29, 0.717) is 0 Å². The maximum Gasteiger partial charge on any atom is 0.407 e. The molecule has 0 bridgehead atoms. The minimum Gasteiger partial charge on any atom is -0.480 e. The third kappa shape index (κ3) is 5.66. The second kappa shape index (κ2) is 11.2. The van der Waals surface area contributed by atoms with Crippen LogP contribution >= 0.6 is 0 Å². The summed E-state index contributed by atoms with van der Waals surface area (Å²) in [6.07, 6.45) is 0.534. The molecule has 0 fully saturated rings. The number of hydrogen-bond acceptors (Lipinski definition) is 6. The molecule has 0 unspecified atom stereocenters. The summed E-state index contributed by atoms with van der Waals surface area (Å²) in [7, 11) is 0. The second-order valence-corrected chi connectivity index (χ2v) is 9.17. The lowest BCUT2D eigenvalue weighted by Crippen LogP contribution is -2.49. The number of hydrogen-bond donors (Lipinski definition) is 3. The van der Waals surface area contributed by atoms with Crippen LogP contribution < -0.4 is 16.6 Å². The van der Waals surface area contributed by atoms with E-state index in [2.05, 4.69) is 10.3 Å². The number of carbonyl (C=O) groups is 3. The number of H-pyrrole nitrogens is 1. The Morgan fingerprint density at radius 3 is 2.29 bits per heavy atom. The Labute approximate surface area is 217 Å². The molecule has 1 aliphatic rings. The zero-order valence-corrected chi connectivity index (χ0v) is 21.0. The molecule has 1 atom stereocenters. The van der Waals surface area contributed by atoms with Crippen molar-refractivity contribution in [2.45, 2.75) is 32.4 Å². The van der Waals surface area contributed by atoms with Crippen molar-refractivity contribution in [3.8, 4) is 11.1 Å². The number of fused-ring (bicyclic) bond motifs is 3. The number of amides is 2. The molecule has 0 saturated carbocycles. The molecule has 1 aliphatic carbocycles. The first-order valence-corrected chi connectivity index (χ1v) is 12.1. The highest BCUT2D eigenvalue weighted by Gasteiger charge is 2.29. The van der Waals surface area contributed by atoms with Crippen molar-refractivity contribution in [3.05, 3.63) is 92.3 Å². The van der Waals surface area contributed by atoms with E-state index >= 15 is 0 Å². The first kappa shape index (κ1) is 26.4. The first-order chi connectivity index (χ1) is 18.2. The molecule has 11 heteroatoms. The van der Waals surface area contributed by atoms with Gasteiger partial charge in [-0.15, -0.1) is 0 Å². The Balaban J connectivity index is 1.37. The van der Waals surface area contributed by atoms with E-state index in [0.717, 1.165) is 31.7 Å². The average molecular weight is 521 g/mol. The Morgan fingerprint density at radius 2 is 1.68 bits per heavy atom. The fourth-order valence-electron chi connectivity index (χ4n) is 4.60. The molecule has 1 aromatic heterocycles. The molecule has 3 aromatic rings. The van der Waals surface area contributed by atoms with Gasteiger partial charge in [-0.3, -0.25) is 23.9 Å². The van der Waals surface area contributed by atoms with Crippen LogP contribution in [0.5, 0.6) is 0 Å². The number of nitrogens with one attached hydrogen (secondary N) is 2. The maximum absolute atomic E-state index is 12.9. The van der Waals surface area contributed by atoms with Crippen molar-refractivity contribution in [2.75, 3.05) is 19.7 Å². The van der Waals surface area contributed by atoms with Gasteiger partial charge in [-0.2, -0.15) is 0 Å². The molecule has 0 spiro atoms. The van der Waals surface area contributed by atoms with Gasteiger partial charge < -0.3 is 20.1 Å². The van der Waals surface area contributed by atoms with E-state index in [4.69, 9.17) is 4.74 Å². The summed E-state index contributed by atoms with van der Waals surface area (Å²) < 4.78 is 6.50. The van der Waals surface area contributed by atoms with E-state index in [-0.39, 0.29) is 24.6 Å². The van der Waals surface area contributed by atoms with Gasteiger partial charge in [0.25, 0.3) is 5.56 Å². The van der Waals surface area contributed by atoms with E-state index < -0.39 is 48.4 Å². The van der Waals surface area contributed by atoms with Gasteiger partial charge in [0.2, 0.25) is 5.91 Å². The molecule has 2 amide bonds. The number of aliphatic carboxylic acids is 1. The number of nitrogens with zero attached hydrogens (tertiary/aromatic N) is 2. The molecular weight excluding hydrogens is 492 g/mol. The number of carbonyl (C=O) groups excluding carboxylic acids is 2. The molecule has 2 aromatic carbocycles. The van der Waals surface area contributed by atoms with E-state index in [1.54, 1.807) is 6.92 Å². The fraction of sp³-hybridized carbons (Fsp3) is 0.296. The Bertz CT molecular complexity index is 1450. The summed E-state index contributed by atoms with van der Waals surface area (Å²) in [6, 6.07) is 15.2. The molecule has 0 radical (unpaired) electrons. The average Bonchev–Trinajstić information content (AvgIpc) is 3.21. The Hall–Kier alpha value is -4.67. The van der Waals surface area contributed by atoms with E-state index in [9.17, 15) is 29.1 Å². The number of rotatable bonds is 9. The largest absolute Gasteiger partial charge is 0.480 e. The van der Waals surface area contributed by atoms with Gasteiger partial charge in [0, 0.05) is 30.3 Å². The van der Waals surface area contributed by atoms with Gasteiger partial charge >= 0.3 is 17.8 Å². The molecule has 0 saturated heterocycles. The number of carboxylic acid groups (broad SMARTS) is 1. The van der Waals surface area contributed by atoms with Crippen LogP contribution in [0, 0.1) is 6.92 Å². The van der Waals surface area contributed by atoms with Crippen LogP contribution in [0.3, 0.4) is 0 Å². The van der Waals surface area contributed by atoms with Crippen molar-refractivity contribution < 1.29 is 24.2 Å². The Morgan fingerprint density at radius 1 is 1.08 bits per heavy atom. The summed E-state index contributed by atoms with van der Waals surface area (Å²) in [5.41, 5.74) is 3.22. The topological polar surface area (TPSA) is 151 Å². The van der Waals surface area contributed by atoms with Gasteiger partial charge in [-0.05, 0) is 36.1 Å². The lowest BCUT2D eigenvalue weighted by molar-refractivity contribution is -0.146. The second-order valence-electron chi connectivity index (χ2n) is 9.17. The molecular formula is C27H28N4O7. The molecule has 11 nitrogen and oxygen atoms in total. The number of carboxylic acids is 1. The summed E-state index contributed by atoms with van der Waals surface area (Å²) in [4.78, 5) is 63.6. The minimum atomic E-state index is -1.25. The first-order valence-electron chi connectivity index (χ1n) is 12.1. The predicted molar refractivity (Wildman–Crippen MR) is 138 cm³/mol. The lowest BCUT2D eigenvalue weighted by Gasteiger charge is -2.28. The van der Waals surface area contributed by atoms with Gasteiger partial charge in [0.15, 0.2) is 0 Å². The number of ether oxygens (including phenoxy) is 1. The SMILES string of the molecule is Cc1cn(CC(=O)N(CC(=O)O)[C@@H](C)CNC(=O)OCC2c3ccccc3-c3ccccc32)c(=O)[nH]c1=O. The van der Waals surface area contributed by atoms with E-state index in [1.807, 2.05) is 48.5 Å². The quantitative estimate of drug-likeness (QED) is 0.388. The zero-order chi connectivity index (χ0) is 27.4. The normalized spacial score (nSPS) is 12.8. The highest BCUT2D eigenvalue weighted by atomic mass is 16.5. The van der Waals surface area contributed by atoms with Crippen molar-refractivity contribution in [1.29, 1.82) is 0 Å². The van der Waals surface area contributed by atoms with Gasteiger partial charge in [0.05, 0.1) is 0 Å². The van der Waals surface area contributed by atoms with Crippen molar-refractivity contribution in [3.63, 3.8) is 0 Å². The van der Waals surface area contributed by atoms with Crippen LogP contribution in [0.15, 0.2) is 64.3 Å². The summed E-state index contributed by atoms with van der Waals surface area (Å²) >= 11 is 0. The zero-order valence-electron chi connectivity index (χ0n) is 21.0. The van der Waals surface area contributed by atoms with Gasteiger partial charge in [-0.25, -0.2) is 9.59 Å². The third-order valence-corrected chi connectivity index (χ3v) is 6.54. The summed E-state index contributed by atoms with van der Waals surface area (Å²) in [5, 5.41) is 11.9. The molecule has 38 heavy (non-hydrogen) atoms.